The number of hydrogen-bond donors (Lipinski definition) is 1. The SMILES string of the molecule is COc1ccc(-c2nc3c(C)cc(C)cc3[nH]2)cc1. The van der Waals surface area contributed by atoms with E-state index >= 15 is 0 Å². The summed E-state index contributed by atoms with van der Waals surface area (Å²) < 4.78 is 5.17. The van der Waals surface area contributed by atoms with E-state index in [1.54, 1.807) is 7.11 Å². The molecule has 0 bridgehead atoms. The van der Waals surface area contributed by atoms with Gasteiger partial charge in [0.25, 0.3) is 0 Å². The molecule has 0 radical (unpaired) electrons. The van der Waals surface area contributed by atoms with E-state index in [9.17, 15) is 0 Å². The molecular weight excluding hydrogens is 236 g/mol. The van der Waals surface area contributed by atoms with Gasteiger partial charge in [0.1, 0.15) is 11.6 Å². The van der Waals surface area contributed by atoms with Crippen molar-refractivity contribution in [3.63, 3.8) is 0 Å². The first-order valence-corrected chi connectivity index (χ1v) is 6.29. The van der Waals surface area contributed by atoms with Crippen LogP contribution in [0.3, 0.4) is 0 Å². The fourth-order valence-corrected chi connectivity index (χ4v) is 2.36. The summed E-state index contributed by atoms with van der Waals surface area (Å²) in [6.45, 7) is 4.19. The number of fused-ring (bicyclic) bond motifs is 1. The molecule has 3 rings (SSSR count). The molecule has 0 amide bonds. The summed E-state index contributed by atoms with van der Waals surface area (Å²) in [6.07, 6.45) is 0. The minimum absolute atomic E-state index is 0.854. The van der Waals surface area contributed by atoms with Crippen molar-refractivity contribution in [2.24, 2.45) is 0 Å². The lowest BCUT2D eigenvalue weighted by molar-refractivity contribution is 0.415. The van der Waals surface area contributed by atoms with Crippen LogP contribution in [0.1, 0.15) is 11.1 Å². The van der Waals surface area contributed by atoms with Gasteiger partial charge in [-0.05, 0) is 55.3 Å². The van der Waals surface area contributed by atoms with Crippen molar-refractivity contribution in [1.29, 1.82) is 0 Å². The molecular formula is C16H16N2O. The van der Waals surface area contributed by atoms with E-state index < -0.39 is 0 Å². The first-order chi connectivity index (χ1) is 9.17. The normalized spacial score (nSPS) is 10.9. The lowest BCUT2D eigenvalue weighted by Gasteiger charge is -2.00. The zero-order valence-corrected chi connectivity index (χ0v) is 11.3. The second kappa shape index (κ2) is 4.43. The Hall–Kier alpha value is -2.29. The minimum Gasteiger partial charge on any atom is -0.497 e. The van der Waals surface area contributed by atoms with Gasteiger partial charge in [0, 0.05) is 5.56 Å². The molecule has 3 aromatic rings. The number of aryl methyl sites for hydroxylation is 2. The summed E-state index contributed by atoms with van der Waals surface area (Å²) in [5.74, 6) is 1.75. The van der Waals surface area contributed by atoms with Crippen molar-refractivity contribution < 1.29 is 4.74 Å². The summed E-state index contributed by atoms with van der Waals surface area (Å²) >= 11 is 0. The Bertz CT molecular complexity index is 726. The highest BCUT2D eigenvalue weighted by Crippen LogP contribution is 2.25. The Morgan fingerprint density at radius 3 is 2.47 bits per heavy atom. The van der Waals surface area contributed by atoms with Crippen molar-refractivity contribution in [3.8, 4) is 17.1 Å². The lowest BCUT2D eigenvalue weighted by atomic mass is 10.1. The van der Waals surface area contributed by atoms with Crippen LogP contribution in [0, 0.1) is 13.8 Å². The fraction of sp³-hybridized carbons (Fsp3) is 0.188. The summed E-state index contributed by atoms with van der Waals surface area (Å²) in [7, 11) is 1.67. The van der Waals surface area contributed by atoms with Crippen LogP contribution in [-0.2, 0) is 0 Å². The fourth-order valence-electron chi connectivity index (χ4n) is 2.36. The van der Waals surface area contributed by atoms with Crippen molar-refractivity contribution in [1.82, 2.24) is 9.97 Å². The zero-order chi connectivity index (χ0) is 13.4. The van der Waals surface area contributed by atoms with Gasteiger partial charge in [0.05, 0.1) is 18.1 Å². The molecule has 96 valence electrons. The maximum Gasteiger partial charge on any atom is 0.138 e. The Morgan fingerprint density at radius 2 is 1.79 bits per heavy atom. The Labute approximate surface area is 112 Å². The maximum absolute atomic E-state index is 5.17. The van der Waals surface area contributed by atoms with Gasteiger partial charge in [0.15, 0.2) is 0 Å². The molecule has 1 N–H and O–H groups in total. The molecule has 3 nitrogen and oxygen atoms in total. The number of benzene rings is 2. The number of nitrogens with zero attached hydrogens (tertiary/aromatic N) is 1. The number of rotatable bonds is 2. The van der Waals surface area contributed by atoms with Crippen LogP contribution >= 0.6 is 0 Å². The van der Waals surface area contributed by atoms with Crippen LogP contribution in [-0.4, -0.2) is 17.1 Å². The Kier molecular flexibility index (Phi) is 2.75. The summed E-state index contributed by atoms with van der Waals surface area (Å²) in [5, 5.41) is 0. The van der Waals surface area contributed by atoms with Gasteiger partial charge in [-0.2, -0.15) is 0 Å². The first-order valence-electron chi connectivity index (χ1n) is 6.29. The number of hydrogen-bond acceptors (Lipinski definition) is 2. The van der Waals surface area contributed by atoms with Gasteiger partial charge < -0.3 is 9.72 Å². The monoisotopic (exact) mass is 252 g/mol. The van der Waals surface area contributed by atoms with E-state index in [-0.39, 0.29) is 0 Å². The van der Waals surface area contributed by atoms with Gasteiger partial charge in [-0.3, -0.25) is 0 Å². The summed E-state index contributed by atoms with van der Waals surface area (Å²) in [5.41, 5.74) is 5.63. The summed E-state index contributed by atoms with van der Waals surface area (Å²) in [6, 6.07) is 12.2. The average Bonchev–Trinajstić information content (AvgIpc) is 2.83. The molecule has 2 aromatic carbocycles. The van der Waals surface area contributed by atoms with Crippen LogP contribution < -0.4 is 4.74 Å². The van der Waals surface area contributed by atoms with E-state index in [4.69, 9.17) is 4.74 Å². The molecule has 0 fully saturated rings. The molecule has 0 atom stereocenters. The molecule has 0 aliphatic heterocycles. The van der Waals surface area contributed by atoms with Gasteiger partial charge in [-0.1, -0.05) is 6.07 Å². The number of aromatic nitrogens is 2. The van der Waals surface area contributed by atoms with Crippen molar-refractivity contribution >= 4 is 11.0 Å². The highest BCUT2D eigenvalue weighted by Gasteiger charge is 2.07. The van der Waals surface area contributed by atoms with Gasteiger partial charge in [-0.25, -0.2) is 4.98 Å². The van der Waals surface area contributed by atoms with E-state index in [1.807, 2.05) is 24.3 Å². The second-order valence-electron chi connectivity index (χ2n) is 4.79. The van der Waals surface area contributed by atoms with Crippen LogP contribution in [0.5, 0.6) is 5.75 Å². The molecule has 0 saturated carbocycles. The standard InChI is InChI=1S/C16H16N2O/c1-10-8-11(2)15-14(9-10)17-16(18-15)12-4-6-13(19-3)7-5-12/h4-9H,1-3H3,(H,17,18). The molecule has 3 heteroatoms. The first kappa shape index (κ1) is 11.8. The molecule has 0 unspecified atom stereocenters. The van der Waals surface area contributed by atoms with Gasteiger partial charge in [0.2, 0.25) is 0 Å². The average molecular weight is 252 g/mol. The van der Waals surface area contributed by atoms with E-state index in [0.29, 0.717) is 0 Å². The number of H-pyrrole nitrogens is 1. The summed E-state index contributed by atoms with van der Waals surface area (Å²) in [4.78, 5) is 8.06. The second-order valence-corrected chi connectivity index (χ2v) is 4.79. The van der Waals surface area contributed by atoms with Crippen molar-refractivity contribution in [2.45, 2.75) is 13.8 Å². The van der Waals surface area contributed by atoms with E-state index in [1.165, 1.54) is 11.1 Å². The number of ether oxygens (including phenoxy) is 1. The van der Waals surface area contributed by atoms with Crippen LogP contribution in [0.4, 0.5) is 0 Å². The third-order valence-electron chi connectivity index (χ3n) is 3.28. The Morgan fingerprint density at radius 1 is 1.05 bits per heavy atom. The third kappa shape index (κ3) is 2.08. The Balaban J connectivity index is 2.12. The van der Waals surface area contributed by atoms with Crippen LogP contribution in [0.15, 0.2) is 36.4 Å². The topological polar surface area (TPSA) is 37.9 Å². The highest BCUT2D eigenvalue weighted by atomic mass is 16.5. The van der Waals surface area contributed by atoms with Crippen LogP contribution in [0.2, 0.25) is 0 Å². The number of aromatic amines is 1. The zero-order valence-electron chi connectivity index (χ0n) is 11.3. The predicted octanol–water partition coefficient (Wildman–Crippen LogP) is 3.86. The highest BCUT2D eigenvalue weighted by molar-refractivity contribution is 5.83. The maximum atomic E-state index is 5.17. The van der Waals surface area contributed by atoms with Crippen LogP contribution in [0.25, 0.3) is 22.4 Å². The quantitative estimate of drug-likeness (QED) is 0.752. The molecule has 0 spiro atoms. The third-order valence-corrected chi connectivity index (χ3v) is 3.28. The molecule has 1 aromatic heterocycles. The van der Waals surface area contributed by atoms with Gasteiger partial charge in [-0.15, -0.1) is 0 Å². The number of imidazole rings is 1. The van der Waals surface area contributed by atoms with E-state index in [0.717, 1.165) is 28.2 Å². The molecule has 0 saturated heterocycles. The van der Waals surface area contributed by atoms with E-state index in [2.05, 4.69) is 35.9 Å². The largest absolute Gasteiger partial charge is 0.497 e. The smallest absolute Gasteiger partial charge is 0.138 e. The lowest BCUT2D eigenvalue weighted by Crippen LogP contribution is -1.83. The van der Waals surface area contributed by atoms with Crippen molar-refractivity contribution in [3.05, 3.63) is 47.5 Å². The molecule has 19 heavy (non-hydrogen) atoms. The van der Waals surface area contributed by atoms with Gasteiger partial charge >= 0.3 is 0 Å². The minimum atomic E-state index is 0.854. The molecule has 1 heterocycles. The number of methoxy groups -OCH3 is 1. The number of nitrogens with one attached hydrogen (secondary N) is 1. The molecule has 0 aliphatic carbocycles. The predicted molar refractivity (Wildman–Crippen MR) is 77.6 cm³/mol. The van der Waals surface area contributed by atoms with Crippen molar-refractivity contribution in [2.75, 3.05) is 7.11 Å². The molecule has 0 aliphatic rings.